The second-order valence-electron chi connectivity index (χ2n) is 2.54. The first-order valence-electron chi connectivity index (χ1n) is 3.04. The van der Waals surface area contributed by atoms with E-state index in [1.165, 1.54) is 0 Å². The molecule has 4 nitrogen and oxygen atoms in total. The Kier molecular flexibility index (Phi) is 3.27. The summed E-state index contributed by atoms with van der Waals surface area (Å²) in [4.78, 5) is 0. The molecule has 0 aliphatic rings. The average Bonchev–Trinajstić information content (AvgIpc) is 1.60. The molecule has 0 aromatic heterocycles. The van der Waals surface area contributed by atoms with Crippen LogP contribution in [0.5, 0.6) is 0 Å². The van der Waals surface area contributed by atoms with E-state index in [0.717, 1.165) is 0 Å². The van der Waals surface area contributed by atoms with Gasteiger partial charge in [0.1, 0.15) is 0 Å². The Morgan fingerprint density at radius 3 is 1.80 bits per heavy atom. The molecule has 0 fully saturated rings. The first-order valence-corrected chi connectivity index (χ1v) is 4.51. The van der Waals surface area contributed by atoms with Crippen molar-refractivity contribution in [1.29, 1.82) is 0 Å². The summed E-state index contributed by atoms with van der Waals surface area (Å²) in [7, 11) is -3.77. The van der Waals surface area contributed by atoms with Gasteiger partial charge >= 0.3 is 10.3 Å². The molecule has 0 bridgehead atoms. The largest absolute Gasteiger partial charge is 0.333 e. The maximum Gasteiger partial charge on any atom is 0.333 e. The van der Waals surface area contributed by atoms with Crippen molar-refractivity contribution in [3.05, 3.63) is 0 Å². The monoisotopic (exact) mass is 167 g/mol. The lowest BCUT2D eigenvalue weighted by atomic mass is 10.1. The molecule has 0 saturated carbocycles. The molecule has 1 atom stereocenters. The van der Waals surface area contributed by atoms with E-state index in [1.54, 1.807) is 6.92 Å². The SMILES string of the molecule is CC(C)C(C)OS(N)(=O)=O. The minimum Gasteiger partial charge on any atom is -0.255 e. The van der Waals surface area contributed by atoms with E-state index in [2.05, 4.69) is 9.32 Å². The molecular formula is C5H13NO3S. The average molecular weight is 167 g/mol. The van der Waals surface area contributed by atoms with Gasteiger partial charge in [-0.05, 0) is 12.8 Å². The van der Waals surface area contributed by atoms with Crippen molar-refractivity contribution in [2.24, 2.45) is 11.1 Å². The third kappa shape index (κ3) is 4.72. The standard InChI is InChI=1S/C5H13NO3S/c1-4(2)5(3)9-10(6,7)8/h4-5H,1-3H3,(H2,6,7,8). The van der Waals surface area contributed by atoms with Gasteiger partial charge in [-0.15, -0.1) is 0 Å². The fraction of sp³-hybridized carbons (Fsp3) is 1.00. The molecule has 0 aliphatic carbocycles. The maximum atomic E-state index is 10.3. The lowest BCUT2D eigenvalue weighted by molar-refractivity contribution is 0.178. The lowest BCUT2D eigenvalue weighted by Crippen LogP contribution is -2.25. The van der Waals surface area contributed by atoms with Crippen LogP contribution >= 0.6 is 0 Å². The number of nitrogens with two attached hydrogens (primary N) is 1. The van der Waals surface area contributed by atoms with E-state index in [1.807, 2.05) is 13.8 Å². The van der Waals surface area contributed by atoms with Crippen molar-refractivity contribution in [2.45, 2.75) is 26.9 Å². The first kappa shape index (κ1) is 9.87. The van der Waals surface area contributed by atoms with Crippen molar-refractivity contribution in [2.75, 3.05) is 0 Å². The van der Waals surface area contributed by atoms with Crippen molar-refractivity contribution >= 4 is 10.3 Å². The summed E-state index contributed by atoms with van der Waals surface area (Å²) >= 11 is 0. The summed E-state index contributed by atoms with van der Waals surface area (Å²) in [6, 6.07) is 0. The van der Waals surface area contributed by atoms with Crippen molar-refractivity contribution in [3.8, 4) is 0 Å². The van der Waals surface area contributed by atoms with Crippen LogP contribution in [0.4, 0.5) is 0 Å². The fourth-order valence-corrected chi connectivity index (χ4v) is 0.968. The van der Waals surface area contributed by atoms with Crippen LogP contribution in [0.3, 0.4) is 0 Å². The van der Waals surface area contributed by atoms with Gasteiger partial charge in [0.05, 0.1) is 6.10 Å². The van der Waals surface area contributed by atoms with E-state index in [0.29, 0.717) is 0 Å². The Hall–Kier alpha value is -0.130. The number of rotatable bonds is 3. The molecular weight excluding hydrogens is 154 g/mol. The molecule has 0 aromatic carbocycles. The second-order valence-corrected chi connectivity index (χ2v) is 3.72. The zero-order chi connectivity index (χ0) is 8.36. The van der Waals surface area contributed by atoms with E-state index < -0.39 is 10.3 Å². The van der Waals surface area contributed by atoms with Gasteiger partial charge in [0.15, 0.2) is 0 Å². The highest BCUT2D eigenvalue weighted by molar-refractivity contribution is 7.84. The third-order valence-corrected chi connectivity index (χ3v) is 1.80. The summed E-state index contributed by atoms with van der Waals surface area (Å²) in [5, 5.41) is 4.62. The molecule has 0 spiro atoms. The molecule has 0 rings (SSSR count). The van der Waals surface area contributed by atoms with Gasteiger partial charge in [-0.1, -0.05) is 13.8 Å². The molecule has 0 radical (unpaired) electrons. The van der Waals surface area contributed by atoms with Crippen LogP contribution in [-0.2, 0) is 14.5 Å². The normalized spacial score (nSPS) is 15.7. The van der Waals surface area contributed by atoms with Crippen LogP contribution in [0.15, 0.2) is 0 Å². The van der Waals surface area contributed by atoms with Gasteiger partial charge in [0, 0.05) is 0 Å². The Labute approximate surface area is 61.6 Å². The third-order valence-electron chi connectivity index (χ3n) is 1.22. The highest BCUT2D eigenvalue weighted by atomic mass is 32.2. The lowest BCUT2D eigenvalue weighted by Gasteiger charge is -2.13. The Balaban J connectivity index is 3.93. The van der Waals surface area contributed by atoms with E-state index in [-0.39, 0.29) is 12.0 Å². The zero-order valence-corrected chi connectivity index (χ0v) is 7.18. The van der Waals surface area contributed by atoms with E-state index in [4.69, 9.17) is 0 Å². The zero-order valence-electron chi connectivity index (χ0n) is 6.37. The van der Waals surface area contributed by atoms with E-state index >= 15 is 0 Å². The van der Waals surface area contributed by atoms with Crippen molar-refractivity contribution in [1.82, 2.24) is 0 Å². The van der Waals surface area contributed by atoms with Gasteiger partial charge in [-0.2, -0.15) is 8.42 Å². The van der Waals surface area contributed by atoms with Crippen LogP contribution < -0.4 is 5.14 Å². The topological polar surface area (TPSA) is 69.4 Å². The summed E-state index contributed by atoms with van der Waals surface area (Å²) in [6.07, 6.45) is -0.352. The predicted molar refractivity (Wildman–Crippen MR) is 38.5 cm³/mol. The first-order chi connectivity index (χ1) is 4.33. The Morgan fingerprint density at radius 1 is 1.30 bits per heavy atom. The molecule has 0 amide bonds. The second kappa shape index (κ2) is 3.32. The van der Waals surface area contributed by atoms with E-state index in [9.17, 15) is 8.42 Å². The smallest absolute Gasteiger partial charge is 0.255 e. The summed E-state index contributed by atoms with van der Waals surface area (Å²) in [5.74, 6) is 0.151. The predicted octanol–water partition coefficient (Wildman–Crippen LogP) is 0.251. The summed E-state index contributed by atoms with van der Waals surface area (Å²) in [5.41, 5.74) is 0. The summed E-state index contributed by atoms with van der Waals surface area (Å²) < 4.78 is 25.1. The molecule has 5 heteroatoms. The molecule has 1 unspecified atom stereocenters. The van der Waals surface area contributed by atoms with Gasteiger partial charge in [0.2, 0.25) is 0 Å². The summed E-state index contributed by atoms with van der Waals surface area (Å²) in [6.45, 7) is 5.38. The highest BCUT2D eigenvalue weighted by Gasteiger charge is 2.13. The Bertz CT molecular complexity index is 185. The highest BCUT2D eigenvalue weighted by Crippen LogP contribution is 2.06. The molecule has 0 aromatic rings. The molecule has 0 heterocycles. The number of hydrogen-bond donors (Lipinski definition) is 1. The van der Waals surface area contributed by atoms with Gasteiger partial charge in [0.25, 0.3) is 0 Å². The molecule has 62 valence electrons. The molecule has 0 aliphatic heterocycles. The van der Waals surface area contributed by atoms with Crippen LogP contribution in [0.25, 0.3) is 0 Å². The van der Waals surface area contributed by atoms with Crippen LogP contribution in [0.1, 0.15) is 20.8 Å². The fourth-order valence-electron chi connectivity index (χ4n) is 0.323. The van der Waals surface area contributed by atoms with Gasteiger partial charge < -0.3 is 0 Å². The minimum absolute atomic E-state index is 0.151. The van der Waals surface area contributed by atoms with Crippen molar-refractivity contribution in [3.63, 3.8) is 0 Å². The maximum absolute atomic E-state index is 10.3. The van der Waals surface area contributed by atoms with Crippen molar-refractivity contribution < 1.29 is 12.6 Å². The Morgan fingerprint density at radius 2 is 1.70 bits per heavy atom. The number of hydrogen-bond acceptors (Lipinski definition) is 3. The quantitative estimate of drug-likeness (QED) is 0.655. The van der Waals surface area contributed by atoms with Crippen LogP contribution in [0.2, 0.25) is 0 Å². The molecule has 2 N–H and O–H groups in total. The van der Waals surface area contributed by atoms with Crippen LogP contribution in [-0.4, -0.2) is 14.5 Å². The van der Waals surface area contributed by atoms with Crippen LogP contribution in [0, 0.1) is 5.92 Å². The van der Waals surface area contributed by atoms with Gasteiger partial charge in [-0.25, -0.2) is 5.14 Å². The molecule has 10 heavy (non-hydrogen) atoms. The minimum atomic E-state index is -3.77. The molecule has 0 saturated heterocycles. The van der Waals surface area contributed by atoms with Gasteiger partial charge in [-0.3, -0.25) is 4.18 Å².